The summed E-state index contributed by atoms with van der Waals surface area (Å²) < 4.78 is 0. The van der Waals surface area contributed by atoms with Crippen molar-refractivity contribution in [2.75, 3.05) is 0 Å². The predicted octanol–water partition coefficient (Wildman–Crippen LogP) is 2.45. The van der Waals surface area contributed by atoms with E-state index in [9.17, 15) is 10.2 Å². The number of H-pyrrole nitrogens is 1. The molecule has 2 saturated carbocycles. The maximum atomic E-state index is 9.93. The first-order valence-electron chi connectivity index (χ1n) is 6.57. The topological polar surface area (TPSA) is 56.2 Å². The standard InChI is InChI=1S/C14H15NO2/c16-13-11-7-4-8(12(11)14(17)15-13)10-6-2-1-5(3-6)9(7)10/h1-2,5-10,15-17H,3-4H2. The van der Waals surface area contributed by atoms with Crippen LogP contribution in [0.2, 0.25) is 0 Å². The smallest absolute Gasteiger partial charge is 0.195 e. The van der Waals surface area contributed by atoms with Crippen LogP contribution in [-0.2, 0) is 0 Å². The van der Waals surface area contributed by atoms with Crippen molar-refractivity contribution in [3.63, 3.8) is 0 Å². The number of nitrogens with one attached hydrogen (secondary N) is 1. The molecule has 3 heteroatoms. The molecule has 88 valence electrons. The highest BCUT2D eigenvalue weighted by atomic mass is 16.3. The van der Waals surface area contributed by atoms with E-state index in [0.717, 1.165) is 41.2 Å². The summed E-state index contributed by atoms with van der Waals surface area (Å²) in [5, 5.41) is 19.9. The van der Waals surface area contributed by atoms with Crippen molar-refractivity contribution < 1.29 is 10.2 Å². The van der Waals surface area contributed by atoms with E-state index in [0.29, 0.717) is 11.8 Å². The van der Waals surface area contributed by atoms with E-state index in [1.54, 1.807) is 0 Å². The molecule has 0 amide bonds. The molecule has 4 aliphatic rings. The van der Waals surface area contributed by atoms with Gasteiger partial charge in [-0.1, -0.05) is 12.2 Å². The molecule has 1 aromatic rings. The monoisotopic (exact) mass is 229 g/mol. The maximum Gasteiger partial charge on any atom is 0.195 e. The van der Waals surface area contributed by atoms with Crippen molar-refractivity contribution in [3.8, 4) is 11.8 Å². The Morgan fingerprint density at radius 3 is 1.94 bits per heavy atom. The molecule has 3 nitrogen and oxygen atoms in total. The molecule has 6 atom stereocenters. The third kappa shape index (κ3) is 0.753. The molecule has 6 unspecified atom stereocenters. The Hall–Kier alpha value is -1.38. The molecule has 4 bridgehead atoms. The van der Waals surface area contributed by atoms with E-state index < -0.39 is 0 Å². The SMILES string of the molecule is Oc1[nH]c(O)c2c1C1CC2C2C3C=CC(C3)C12. The second-order valence-electron chi connectivity index (χ2n) is 6.20. The second kappa shape index (κ2) is 2.40. The van der Waals surface area contributed by atoms with Gasteiger partial charge in [0, 0.05) is 11.1 Å². The van der Waals surface area contributed by atoms with Crippen LogP contribution in [0.4, 0.5) is 0 Å². The van der Waals surface area contributed by atoms with Gasteiger partial charge in [-0.2, -0.15) is 0 Å². The summed E-state index contributed by atoms with van der Waals surface area (Å²) in [6, 6.07) is 0. The van der Waals surface area contributed by atoms with E-state index in [4.69, 9.17) is 0 Å². The van der Waals surface area contributed by atoms with Crippen molar-refractivity contribution in [3.05, 3.63) is 23.3 Å². The number of hydrogen-bond donors (Lipinski definition) is 3. The number of allylic oxidation sites excluding steroid dienone is 2. The van der Waals surface area contributed by atoms with Crippen LogP contribution in [0.15, 0.2) is 12.2 Å². The lowest BCUT2D eigenvalue weighted by molar-refractivity contribution is 0.298. The Kier molecular flexibility index (Phi) is 1.22. The molecule has 3 N–H and O–H groups in total. The number of aromatic amines is 1. The Bertz CT molecular complexity index is 514. The van der Waals surface area contributed by atoms with Crippen molar-refractivity contribution in [1.29, 1.82) is 0 Å². The highest BCUT2D eigenvalue weighted by Crippen LogP contribution is 2.72. The highest BCUT2D eigenvalue weighted by Gasteiger charge is 2.61. The molecule has 0 aliphatic heterocycles. The molecular formula is C14H15NO2. The van der Waals surface area contributed by atoms with Crippen LogP contribution >= 0.6 is 0 Å². The maximum absolute atomic E-state index is 9.93. The quantitative estimate of drug-likeness (QED) is 0.473. The van der Waals surface area contributed by atoms with Gasteiger partial charge < -0.3 is 10.2 Å². The Labute approximate surface area is 99.2 Å². The first kappa shape index (κ1) is 8.67. The van der Waals surface area contributed by atoms with Gasteiger partial charge in [0.05, 0.1) is 0 Å². The fraction of sp³-hybridized carbons (Fsp3) is 0.571. The summed E-state index contributed by atoms with van der Waals surface area (Å²) in [4.78, 5) is 2.71. The molecule has 2 fully saturated rings. The van der Waals surface area contributed by atoms with Crippen LogP contribution in [0, 0.1) is 23.7 Å². The van der Waals surface area contributed by atoms with E-state index >= 15 is 0 Å². The fourth-order valence-corrected chi connectivity index (χ4v) is 5.49. The Morgan fingerprint density at radius 2 is 1.41 bits per heavy atom. The lowest BCUT2D eigenvalue weighted by Crippen LogP contribution is -2.24. The van der Waals surface area contributed by atoms with E-state index in [2.05, 4.69) is 17.1 Å². The summed E-state index contributed by atoms with van der Waals surface area (Å²) in [6.07, 6.45) is 7.22. The number of aromatic nitrogens is 1. The lowest BCUT2D eigenvalue weighted by atomic mass is 9.72. The molecule has 0 radical (unpaired) electrons. The van der Waals surface area contributed by atoms with Gasteiger partial charge in [0.2, 0.25) is 0 Å². The molecule has 1 aromatic heterocycles. The summed E-state index contributed by atoms with van der Waals surface area (Å²) in [5.41, 5.74) is 2.07. The Balaban J connectivity index is 1.74. The Morgan fingerprint density at radius 1 is 0.882 bits per heavy atom. The van der Waals surface area contributed by atoms with Crippen LogP contribution in [0.1, 0.15) is 35.8 Å². The minimum absolute atomic E-state index is 0.218. The number of hydrogen-bond acceptors (Lipinski definition) is 2. The largest absolute Gasteiger partial charge is 0.494 e. The van der Waals surface area contributed by atoms with E-state index in [1.807, 2.05) is 0 Å². The van der Waals surface area contributed by atoms with Gasteiger partial charge in [-0.15, -0.1) is 0 Å². The van der Waals surface area contributed by atoms with Crippen molar-refractivity contribution in [1.82, 2.24) is 4.98 Å². The van der Waals surface area contributed by atoms with Gasteiger partial charge >= 0.3 is 0 Å². The van der Waals surface area contributed by atoms with Crippen LogP contribution in [0.5, 0.6) is 11.8 Å². The molecule has 0 aromatic carbocycles. The normalized spacial score (nSPS) is 47.8. The zero-order valence-corrected chi connectivity index (χ0v) is 9.43. The molecule has 4 aliphatic carbocycles. The van der Waals surface area contributed by atoms with Gasteiger partial charge in [-0.25, -0.2) is 0 Å². The number of fused-ring (bicyclic) bond motifs is 12. The summed E-state index contributed by atoms with van der Waals surface area (Å²) in [6.45, 7) is 0. The minimum atomic E-state index is 0.218. The molecule has 1 heterocycles. The third-order valence-corrected chi connectivity index (χ3v) is 5.80. The molecule has 17 heavy (non-hydrogen) atoms. The average molecular weight is 229 g/mol. The lowest BCUT2D eigenvalue weighted by Gasteiger charge is -2.31. The summed E-state index contributed by atoms with van der Waals surface area (Å²) in [7, 11) is 0. The van der Waals surface area contributed by atoms with Gasteiger partial charge in [0.15, 0.2) is 11.8 Å². The zero-order valence-electron chi connectivity index (χ0n) is 9.43. The first-order valence-corrected chi connectivity index (χ1v) is 6.57. The minimum Gasteiger partial charge on any atom is -0.494 e. The number of rotatable bonds is 0. The van der Waals surface area contributed by atoms with Crippen LogP contribution in [-0.4, -0.2) is 15.2 Å². The van der Waals surface area contributed by atoms with Crippen molar-refractivity contribution >= 4 is 0 Å². The molecular weight excluding hydrogens is 214 g/mol. The van der Waals surface area contributed by atoms with Crippen LogP contribution < -0.4 is 0 Å². The summed E-state index contributed by atoms with van der Waals surface area (Å²) >= 11 is 0. The molecule has 0 saturated heterocycles. The average Bonchev–Trinajstić information content (AvgIpc) is 3.03. The van der Waals surface area contributed by atoms with E-state index in [-0.39, 0.29) is 11.8 Å². The first-order chi connectivity index (χ1) is 8.25. The third-order valence-electron chi connectivity index (χ3n) is 5.80. The van der Waals surface area contributed by atoms with Crippen molar-refractivity contribution in [2.45, 2.75) is 24.7 Å². The number of aromatic hydroxyl groups is 2. The van der Waals surface area contributed by atoms with Gasteiger partial charge in [-0.05, 0) is 48.3 Å². The predicted molar refractivity (Wildman–Crippen MR) is 61.9 cm³/mol. The van der Waals surface area contributed by atoms with Gasteiger partial charge in [0.25, 0.3) is 0 Å². The second-order valence-corrected chi connectivity index (χ2v) is 6.20. The summed E-state index contributed by atoms with van der Waals surface area (Å²) in [5.74, 6) is 4.31. The zero-order chi connectivity index (χ0) is 11.3. The van der Waals surface area contributed by atoms with Crippen molar-refractivity contribution in [2.24, 2.45) is 23.7 Å². The van der Waals surface area contributed by atoms with E-state index in [1.165, 1.54) is 6.42 Å². The van der Waals surface area contributed by atoms with Gasteiger partial charge in [-0.3, -0.25) is 4.98 Å². The van der Waals surface area contributed by atoms with Crippen LogP contribution in [0.3, 0.4) is 0 Å². The molecule has 0 spiro atoms. The molecule has 5 rings (SSSR count). The fourth-order valence-electron chi connectivity index (χ4n) is 5.49. The van der Waals surface area contributed by atoms with Crippen LogP contribution in [0.25, 0.3) is 0 Å². The highest BCUT2D eigenvalue weighted by molar-refractivity contribution is 5.56. The van der Waals surface area contributed by atoms with Gasteiger partial charge in [0.1, 0.15) is 0 Å².